The molecule has 1 aromatic rings. The first-order valence-corrected chi connectivity index (χ1v) is 4.71. The first kappa shape index (κ1) is 13.9. The molecule has 0 fully saturated rings. The predicted molar refractivity (Wildman–Crippen MR) is 43.8 cm³/mol. The zero-order valence-corrected chi connectivity index (χ0v) is 11.5. The Morgan fingerprint density at radius 3 is 2.31 bits per heavy atom. The maximum absolute atomic E-state index is 10.4. The molecule has 0 amide bonds. The van der Waals surface area contributed by atoms with Crippen LogP contribution in [-0.4, -0.2) is 13.0 Å². The van der Waals surface area contributed by atoms with E-state index in [0.717, 1.165) is 12.1 Å². The molecule has 0 spiro atoms. The fourth-order valence-corrected chi connectivity index (χ4v) is 1.30. The van der Waals surface area contributed by atoms with Crippen molar-refractivity contribution in [1.82, 2.24) is 0 Å². The second kappa shape index (κ2) is 5.08. The molecule has 7 heteroatoms. The maximum Gasteiger partial charge on any atom is 1.00 e. The molecule has 1 rings (SSSR count). The first-order chi connectivity index (χ1) is 5.41. The van der Waals surface area contributed by atoms with E-state index in [4.69, 9.17) is 17.3 Å². The van der Waals surface area contributed by atoms with Crippen LogP contribution in [0.4, 0.5) is 5.69 Å². The standard InChI is InChI=1S/C6H6ClNO3S.K/c7-5-2-1-4(3-6(5)8)12(9,10)11;/h1-3H,8H2,(H,9,10,11);/q;+1/p-1. The molecule has 0 heterocycles. The van der Waals surface area contributed by atoms with E-state index in [1.807, 2.05) is 0 Å². The molecule has 0 saturated heterocycles. The van der Waals surface area contributed by atoms with E-state index < -0.39 is 10.1 Å². The summed E-state index contributed by atoms with van der Waals surface area (Å²) < 4.78 is 31.3. The number of nitrogen functional groups attached to an aromatic ring is 1. The Hall–Kier alpha value is 0.856. The smallest absolute Gasteiger partial charge is 0.744 e. The molecule has 4 nitrogen and oxygen atoms in total. The molecule has 1 aromatic carbocycles. The van der Waals surface area contributed by atoms with Crippen LogP contribution in [0, 0.1) is 0 Å². The predicted octanol–water partition coefficient (Wildman–Crippen LogP) is -2.17. The van der Waals surface area contributed by atoms with Crippen LogP contribution in [0.3, 0.4) is 0 Å². The van der Waals surface area contributed by atoms with Crippen LogP contribution in [0.25, 0.3) is 0 Å². The minimum absolute atomic E-state index is 0. The average Bonchev–Trinajstić information content (AvgIpc) is 1.92. The van der Waals surface area contributed by atoms with Crippen LogP contribution in [0.2, 0.25) is 5.02 Å². The summed E-state index contributed by atoms with van der Waals surface area (Å²) in [6, 6.07) is 3.41. The molecule has 0 unspecified atom stereocenters. The summed E-state index contributed by atoms with van der Waals surface area (Å²) in [5.74, 6) is 0. The quantitative estimate of drug-likeness (QED) is 0.347. The van der Waals surface area contributed by atoms with Crippen molar-refractivity contribution in [3.05, 3.63) is 23.2 Å². The molecule has 13 heavy (non-hydrogen) atoms. The Morgan fingerprint density at radius 1 is 1.38 bits per heavy atom. The number of benzene rings is 1. The molecular formula is C6H5ClKNO3S. The average molecular weight is 246 g/mol. The second-order valence-electron chi connectivity index (χ2n) is 2.14. The molecule has 0 aliphatic carbocycles. The Labute approximate surface area is 124 Å². The van der Waals surface area contributed by atoms with E-state index in [1.165, 1.54) is 6.07 Å². The van der Waals surface area contributed by atoms with Gasteiger partial charge < -0.3 is 10.3 Å². The summed E-state index contributed by atoms with van der Waals surface area (Å²) in [6.45, 7) is 0. The third-order valence-electron chi connectivity index (χ3n) is 1.26. The number of hydrogen-bond acceptors (Lipinski definition) is 4. The van der Waals surface area contributed by atoms with Gasteiger partial charge in [-0.2, -0.15) is 0 Å². The van der Waals surface area contributed by atoms with Gasteiger partial charge in [-0.3, -0.25) is 0 Å². The fourth-order valence-electron chi connectivity index (χ4n) is 0.677. The topological polar surface area (TPSA) is 83.2 Å². The van der Waals surface area contributed by atoms with Gasteiger partial charge in [-0.25, -0.2) is 8.42 Å². The van der Waals surface area contributed by atoms with Gasteiger partial charge in [0, 0.05) is 0 Å². The van der Waals surface area contributed by atoms with Crippen LogP contribution in [0.1, 0.15) is 0 Å². The zero-order valence-electron chi connectivity index (χ0n) is 6.82. The van der Waals surface area contributed by atoms with E-state index >= 15 is 0 Å². The van der Waals surface area contributed by atoms with Crippen molar-refractivity contribution in [3.8, 4) is 0 Å². The SMILES string of the molecule is Nc1cc(S(=O)(=O)[O-])ccc1Cl.[K+]. The van der Waals surface area contributed by atoms with Crippen LogP contribution < -0.4 is 57.1 Å². The zero-order chi connectivity index (χ0) is 9.35. The molecule has 2 N–H and O–H groups in total. The second-order valence-corrected chi connectivity index (χ2v) is 3.92. The minimum atomic E-state index is -4.43. The minimum Gasteiger partial charge on any atom is -0.744 e. The van der Waals surface area contributed by atoms with Crippen LogP contribution >= 0.6 is 11.6 Å². The molecule has 66 valence electrons. The Balaban J connectivity index is 0.00000144. The van der Waals surface area contributed by atoms with Gasteiger partial charge in [0.05, 0.1) is 15.6 Å². The molecule has 0 saturated carbocycles. The molecular weight excluding hydrogens is 241 g/mol. The van der Waals surface area contributed by atoms with Crippen molar-refractivity contribution >= 4 is 27.4 Å². The number of nitrogens with two attached hydrogens (primary N) is 1. The van der Waals surface area contributed by atoms with E-state index in [2.05, 4.69) is 0 Å². The fraction of sp³-hybridized carbons (Fsp3) is 0. The third kappa shape index (κ3) is 3.84. The largest absolute Gasteiger partial charge is 1.00 e. The van der Waals surface area contributed by atoms with Crippen molar-refractivity contribution in [2.75, 3.05) is 5.73 Å². The molecule has 0 aliphatic rings. The first-order valence-electron chi connectivity index (χ1n) is 2.92. The molecule has 0 atom stereocenters. The van der Waals surface area contributed by atoms with E-state index in [1.54, 1.807) is 0 Å². The van der Waals surface area contributed by atoms with Crippen molar-refractivity contribution in [1.29, 1.82) is 0 Å². The van der Waals surface area contributed by atoms with Crippen molar-refractivity contribution in [2.24, 2.45) is 0 Å². The van der Waals surface area contributed by atoms with Crippen molar-refractivity contribution < 1.29 is 64.4 Å². The van der Waals surface area contributed by atoms with Gasteiger partial charge in [0.25, 0.3) is 0 Å². The van der Waals surface area contributed by atoms with Gasteiger partial charge in [0.2, 0.25) is 0 Å². The van der Waals surface area contributed by atoms with E-state index in [-0.39, 0.29) is 67.0 Å². The third-order valence-corrected chi connectivity index (χ3v) is 2.43. The van der Waals surface area contributed by atoms with Gasteiger partial charge >= 0.3 is 51.4 Å². The van der Waals surface area contributed by atoms with E-state index in [0.29, 0.717) is 0 Å². The van der Waals surface area contributed by atoms with Crippen molar-refractivity contribution in [2.45, 2.75) is 4.90 Å². The Bertz CT molecular complexity index is 406. The van der Waals surface area contributed by atoms with Gasteiger partial charge in [-0.05, 0) is 18.2 Å². The summed E-state index contributed by atoms with van der Waals surface area (Å²) in [6.07, 6.45) is 0. The van der Waals surface area contributed by atoms with Gasteiger partial charge in [0.1, 0.15) is 10.1 Å². The van der Waals surface area contributed by atoms with Crippen LogP contribution in [0.5, 0.6) is 0 Å². The van der Waals surface area contributed by atoms with Crippen LogP contribution in [-0.2, 0) is 10.1 Å². The maximum atomic E-state index is 10.4. The molecule has 0 aromatic heterocycles. The summed E-state index contributed by atoms with van der Waals surface area (Å²) in [5.41, 5.74) is 5.36. The summed E-state index contributed by atoms with van der Waals surface area (Å²) >= 11 is 5.51. The summed E-state index contributed by atoms with van der Waals surface area (Å²) in [4.78, 5) is -0.371. The van der Waals surface area contributed by atoms with Crippen molar-refractivity contribution in [3.63, 3.8) is 0 Å². The molecule has 0 aliphatic heterocycles. The van der Waals surface area contributed by atoms with E-state index in [9.17, 15) is 13.0 Å². The summed E-state index contributed by atoms with van der Waals surface area (Å²) in [7, 11) is -4.43. The normalized spacial score (nSPS) is 10.6. The Morgan fingerprint density at radius 2 is 1.92 bits per heavy atom. The van der Waals surface area contributed by atoms with Crippen LogP contribution in [0.15, 0.2) is 23.1 Å². The summed E-state index contributed by atoms with van der Waals surface area (Å²) in [5, 5.41) is 0.224. The number of anilines is 1. The van der Waals surface area contributed by atoms with Gasteiger partial charge in [-0.1, -0.05) is 11.6 Å². The van der Waals surface area contributed by atoms with Gasteiger partial charge in [-0.15, -0.1) is 0 Å². The monoisotopic (exact) mass is 245 g/mol. The Kier molecular flexibility index (Phi) is 5.42. The molecule has 0 bridgehead atoms. The number of hydrogen-bond donors (Lipinski definition) is 1. The number of rotatable bonds is 1. The number of halogens is 1. The van der Waals surface area contributed by atoms with Gasteiger partial charge in [0.15, 0.2) is 0 Å². The molecule has 0 radical (unpaired) electrons.